The number of hydrogen-bond donors (Lipinski definition) is 1. The molecule has 2 amide bonds. The van der Waals surface area contributed by atoms with Crippen molar-refractivity contribution in [1.82, 2.24) is 4.90 Å². The number of rotatable bonds is 5. The number of nitrogens with two attached hydrogens (primary N) is 1. The fourth-order valence-electron chi connectivity index (χ4n) is 3.07. The van der Waals surface area contributed by atoms with Crippen molar-refractivity contribution in [3.05, 3.63) is 29.3 Å². The molecule has 0 bridgehead atoms. The molecule has 0 atom stereocenters. The predicted molar refractivity (Wildman–Crippen MR) is 80.0 cm³/mol. The van der Waals surface area contributed by atoms with Crippen LogP contribution in [-0.4, -0.2) is 35.9 Å². The molecular formula is C16H20F2N2O3. The van der Waals surface area contributed by atoms with Crippen molar-refractivity contribution in [3.8, 4) is 5.75 Å². The van der Waals surface area contributed by atoms with Crippen LogP contribution < -0.4 is 10.5 Å². The van der Waals surface area contributed by atoms with E-state index in [1.54, 1.807) is 6.92 Å². The molecule has 0 heterocycles. The van der Waals surface area contributed by atoms with E-state index in [0.717, 1.165) is 29.9 Å². The minimum atomic E-state index is -1.20. The second kappa shape index (κ2) is 6.52. The van der Waals surface area contributed by atoms with Gasteiger partial charge in [0.15, 0.2) is 11.6 Å². The van der Waals surface area contributed by atoms with E-state index in [4.69, 9.17) is 10.5 Å². The smallest absolute Gasteiger partial charge is 0.260 e. The first kappa shape index (κ1) is 17.2. The zero-order chi connectivity index (χ0) is 17.2. The third-order valence-electron chi connectivity index (χ3n) is 4.41. The van der Waals surface area contributed by atoms with Crippen molar-refractivity contribution in [2.24, 2.45) is 5.73 Å². The Labute approximate surface area is 133 Å². The molecule has 23 heavy (non-hydrogen) atoms. The van der Waals surface area contributed by atoms with Crippen molar-refractivity contribution in [2.75, 3.05) is 13.7 Å². The van der Waals surface area contributed by atoms with Gasteiger partial charge in [0.1, 0.15) is 16.9 Å². The van der Waals surface area contributed by atoms with Crippen molar-refractivity contribution >= 4 is 11.8 Å². The Morgan fingerprint density at radius 2 is 1.91 bits per heavy atom. The summed E-state index contributed by atoms with van der Waals surface area (Å²) in [5.41, 5.74) is 3.53. The predicted octanol–water partition coefficient (Wildman–Crippen LogP) is 2.23. The molecule has 1 aliphatic rings. The first-order valence-corrected chi connectivity index (χ1v) is 7.54. The van der Waals surface area contributed by atoms with Gasteiger partial charge >= 0.3 is 0 Å². The highest BCUT2D eigenvalue weighted by Crippen LogP contribution is 2.36. The summed E-state index contributed by atoms with van der Waals surface area (Å²) in [4.78, 5) is 25.5. The highest BCUT2D eigenvalue weighted by molar-refractivity contribution is 5.99. The fourth-order valence-corrected chi connectivity index (χ4v) is 3.07. The van der Waals surface area contributed by atoms with Crippen LogP contribution in [0.3, 0.4) is 0 Å². The van der Waals surface area contributed by atoms with E-state index < -0.39 is 34.6 Å². The van der Waals surface area contributed by atoms with Crippen LogP contribution in [0.4, 0.5) is 8.78 Å². The minimum Gasteiger partial charge on any atom is -0.491 e. The number of likely N-dealkylation sites (N-methyl/N-ethyl adjacent to an activating group) is 1. The van der Waals surface area contributed by atoms with Crippen molar-refractivity contribution in [2.45, 2.75) is 38.1 Å². The summed E-state index contributed by atoms with van der Waals surface area (Å²) in [6, 6.07) is 2.10. The average molecular weight is 326 g/mol. The van der Waals surface area contributed by atoms with Crippen molar-refractivity contribution in [1.29, 1.82) is 0 Å². The van der Waals surface area contributed by atoms with Gasteiger partial charge in [0.25, 0.3) is 5.91 Å². The molecule has 2 N–H and O–H groups in total. The van der Waals surface area contributed by atoms with Gasteiger partial charge in [-0.15, -0.1) is 0 Å². The van der Waals surface area contributed by atoms with Gasteiger partial charge < -0.3 is 15.4 Å². The molecule has 0 unspecified atom stereocenters. The third kappa shape index (κ3) is 2.87. The Kier molecular flexibility index (Phi) is 4.87. The molecule has 0 spiro atoms. The van der Waals surface area contributed by atoms with E-state index in [1.807, 2.05) is 0 Å². The SMILES string of the molecule is CCOc1ccc(F)c(C(=O)N(C)C2(C(N)=O)CCCC2)c1F. The summed E-state index contributed by atoms with van der Waals surface area (Å²) in [6.07, 6.45) is 2.23. The second-order valence-electron chi connectivity index (χ2n) is 5.63. The summed E-state index contributed by atoms with van der Waals surface area (Å²) in [7, 11) is 1.35. The van der Waals surface area contributed by atoms with Gasteiger partial charge in [0.2, 0.25) is 5.91 Å². The summed E-state index contributed by atoms with van der Waals surface area (Å²) >= 11 is 0. The van der Waals surface area contributed by atoms with Crippen LogP contribution in [0.15, 0.2) is 12.1 Å². The Morgan fingerprint density at radius 1 is 1.30 bits per heavy atom. The number of nitrogens with zero attached hydrogens (tertiary/aromatic N) is 1. The number of carbonyl (C=O) groups excluding carboxylic acids is 2. The lowest BCUT2D eigenvalue weighted by atomic mass is 9.93. The number of carbonyl (C=O) groups is 2. The van der Waals surface area contributed by atoms with E-state index in [2.05, 4.69) is 0 Å². The maximum absolute atomic E-state index is 14.4. The summed E-state index contributed by atoms with van der Waals surface area (Å²) in [6.45, 7) is 1.83. The molecule has 1 aromatic rings. The Balaban J connectivity index is 2.44. The molecule has 0 aromatic heterocycles. The van der Waals surface area contributed by atoms with Crippen LogP contribution in [0.1, 0.15) is 43.0 Å². The summed E-state index contributed by atoms with van der Waals surface area (Å²) in [5, 5.41) is 0. The molecule has 0 aliphatic heterocycles. The normalized spacial score (nSPS) is 16.2. The lowest BCUT2D eigenvalue weighted by Gasteiger charge is -2.36. The second-order valence-corrected chi connectivity index (χ2v) is 5.63. The number of hydrogen-bond acceptors (Lipinski definition) is 3. The van der Waals surface area contributed by atoms with Crippen molar-refractivity contribution in [3.63, 3.8) is 0 Å². The van der Waals surface area contributed by atoms with Crippen LogP contribution in [-0.2, 0) is 4.79 Å². The molecule has 126 valence electrons. The quantitative estimate of drug-likeness (QED) is 0.902. The largest absolute Gasteiger partial charge is 0.491 e. The lowest BCUT2D eigenvalue weighted by molar-refractivity contribution is -0.127. The first-order chi connectivity index (χ1) is 10.8. The van der Waals surface area contributed by atoms with Gasteiger partial charge in [-0.25, -0.2) is 8.78 Å². The standard InChI is InChI=1S/C16H20F2N2O3/c1-3-23-11-7-6-10(17)12(13(11)18)14(21)20(2)16(15(19)22)8-4-5-9-16/h6-7H,3-5,8-9H2,1-2H3,(H2,19,22). The highest BCUT2D eigenvalue weighted by Gasteiger charge is 2.46. The summed E-state index contributed by atoms with van der Waals surface area (Å²) in [5.74, 6) is -3.85. The molecule has 1 aliphatic carbocycles. The molecule has 0 saturated heterocycles. The fraction of sp³-hybridized carbons (Fsp3) is 0.500. The van der Waals surface area contributed by atoms with E-state index in [-0.39, 0.29) is 12.4 Å². The Hall–Kier alpha value is -2.18. The summed E-state index contributed by atoms with van der Waals surface area (Å²) < 4.78 is 33.5. The topological polar surface area (TPSA) is 72.6 Å². The molecule has 1 fully saturated rings. The molecule has 5 nitrogen and oxygen atoms in total. The number of ether oxygens (including phenoxy) is 1. The Bertz CT molecular complexity index is 628. The molecule has 7 heteroatoms. The van der Waals surface area contributed by atoms with E-state index in [0.29, 0.717) is 12.8 Å². The average Bonchev–Trinajstić information content (AvgIpc) is 3.00. The maximum atomic E-state index is 14.4. The lowest BCUT2D eigenvalue weighted by Crippen LogP contribution is -2.56. The molecule has 1 saturated carbocycles. The van der Waals surface area contributed by atoms with E-state index >= 15 is 0 Å². The molecule has 1 aromatic carbocycles. The van der Waals surface area contributed by atoms with Gasteiger partial charge in [-0.2, -0.15) is 0 Å². The highest BCUT2D eigenvalue weighted by atomic mass is 19.1. The van der Waals surface area contributed by atoms with E-state index in [9.17, 15) is 18.4 Å². The Morgan fingerprint density at radius 3 is 2.43 bits per heavy atom. The van der Waals surface area contributed by atoms with Gasteiger partial charge in [-0.05, 0) is 31.9 Å². The van der Waals surface area contributed by atoms with Crippen LogP contribution in [0.25, 0.3) is 0 Å². The van der Waals surface area contributed by atoms with Gasteiger partial charge in [0, 0.05) is 7.05 Å². The minimum absolute atomic E-state index is 0.178. The molecular weight excluding hydrogens is 306 g/mol. The van der Waals surface area contributed by atoms with Crippen LogP contribution in [0.2, 0.25) is 0 Å². The first-order valence-electron chi connectivity index (χ1n) is 7.54. The third-order valence-corrected chi connectivity index (χ3v) is 4.41. The van der Waals surface area contributed by atoms with Crippen LogP contribution in [0.5, 0.6) is 5.75 Å². The molecule has 0 radical (unpaired) electrons. The number of benzene rings is 1. The van der Waals surface area contributed by atoms with Gasteiger partial charge in [0.05, 0.1) is 6.61 Å². The maximum Gasteiger partial charge on any atom is 0.260 e. The van der Waals surface area contributed by atoms with Crippen LogP contribution >= 0.6 is 0 Å². The van der Waals surface area contributed by atoms with Gasteiger partial charge in [-0.1, -0.05) is 12.8 Å². The monoisotopic (exact) mass is 326 g/mol. The zero-order valence-electron chi connectivity index (χ0n) is 13.2. The zero-order valence-corrected chi connectivity index (χ0v) is 13.2. The number of amides is 2. The van der Waals surface area contributed by atoms with Crippen LogP contribution in [0, 0.1) is 11.6 Å². The van der Waals surface area contributed by atoms with Gasteiger partial charge in [-0.3, -0.25) is 9.59 Å². The van der Waals surface area contributed by atoms with Crippen molar-refractivity contribution < 1.29 is 23.1 Å². The molecule has 2 rings (SSSR count). The number of halogens is 2. The van der Waals surface area contributed by atoms with E-state index in [1.165, 1.54) is 7.05 Å². The number of primary amides is 1.